The van der Waals surface area contributed by atoms with E-state index in [4.69, 9.17) is 14.9 Å². The van der Waals surface area contributed by atoms with Gasteiger partial charge in [-0.2, -0.15) is 0 Å². The summed E-state index contributed by atoms with van der Waals surface area (Å²) in [7, 11) is 0. The lowest BCUT2D eigenvalue weighted by Gasteiger charge is -2.10. The first-order chi connectivity index (χ1) is 10.2. The number of carbonyl (C=O) groups excluding carboxylic acids is 1. The van der Waals surface area contributed by atoms with Crippen LogP contribution in [0.3, 0.4) is 0 Å². The summed E-state index contributed by atoms with van der Waals surface area (Å²) in [6.07, 6.45) is -0.585. The molecule has 0 heterocycles. The maximum atomic E-state index is 11.7. The standard InChI is InChI=1S/C16H17NO4/c18-9-13-6-14(10-19)8-15(7-13)17-16(20)21-11-12-4-2-1-3-5-12/h1-8,18-19H,9-11H2,(H,17,20). The molecule has 0 aromatic heterocycles. The van der Waals surface area contributed by atoms with E-state index >= 15 is 0 Å². The van der Waals surface area contributed by atoms with E-state index in [1.165, 1.54) is 0 Å². The molecule has 21 heavy (non-hydrogen) atoms. The van der Waals surface area contributed by atoms with Crippen molar-refractivity contribution in [1.82, 2.24) is 0 Å². The second kappa shape index (κ2) is 7.42. The molecule has 0 fully saturated rings. The van der Waals surface area contributed by atoms with Gasteiger partial charge in [-0.15, -0.1) is 0 Å². The normalized spacial score (nSPS) is 10.2. The Morgan fingerprint density at radius 3 is 2.14 bits per heavy atom. The van der Waals surface area contributed by atoms with E-state index in [-0.39, 0.29) is 19.8 Å². The fourth-order valence-corrected chi connectivity index (χ4v) is 1.89. The van der Waals surface area contributed by atoms with E-state index in [2.05, 4.69) is 5.32 Å². The van der Waals surface area contributed by atoms with E-state index in [1.54, 1.807) is 18.2 Å². The first kappa shape index (κ1) is 15.0. The number of amides is 1. The van der Waals surface area contributed by atoms with Gasteiger partial charge in [0.2, 0.25) is 0 Å². The molecule has 0 radical (unpaired) electrons. The summed E-state index contributed by atoms with van der Waals surface area (Å²) >= 11 is 0. The van der Waals surface area contributed by atoms with Crippen LogP contribution in [0.2, 0.25) is 0 Å². The molecule has 1 amide bonds. The van der Waals surface area contributed by atoms with Crippen LogP contribution in [0.15, 0.2) is 48.5 Å². The second-order valence-corrected chi connectivity index (χ2v) is 4.54. The molecule has 0 aliphatic rings. The summed E-state index contributed by atoms with van der Waals surface area (Å²) in [5, 5.41) is 20.9. The van der Waals surface area contributed by atoms with Crippen molar-refractivity contribution in [3.63, 3.8) is 0 Å². The van der Waals surface area contributed by atoms with Crippen molar-refractivity contribution in [2.75, 3.05) is 5.32 Å². The van der Waals surface area contributed by atoms with Crippen LogP contribution in [0, 0.1) is 0 Å². The van der Waals surface area contributed by atoms with Crippen LogP contribution < -0.4 is 5.32 Å². The minimum absolute atomic E-state index is 0.165. The van der Waals surface area contributed by atoms with Crippen molar-refractivity contribution >= 4 is 11.8 Å². The quantitative estimate of drug-likeness (QED) is 0.789. The van der Waals surface area contributed by atoms with Crippen molar-refractivity contribution in [2.45, 2.75) is 19.8 Å². The number of benzene rings is 2. The number of anilines is 1. The van der Waals surface area contributed by atoms with E-state index in [9.17, 15) is 4.79 Å². The highest BCUT2D eigenvalue weighted by molar-refractivity contribution is 5.84. The lowest BCUT2D eigenvalue weighted by atomic mass is 10.1. The van der Waals surface area contributed by atoms with Gasteiger partial charge in [-0.25, -0.2) is 4.79 Å². The molecular formula is C16H17NO4. The highest BCUT2D eigenvalue weighted by atomic mass is 16.5. The molecule has 5 heteroatoms. The predicted octanol–water partition coefficient (Wildman–Crippen LogP) is 2.42. The molecule has 3 N–H and O–H groups in total. The van der Waals surface area contributed by atoms with E-state index in [0.29, 0.717) is 16.8 Å². The van der Waals surface area contributed by atoms with Gasteiger partial charge in [0.15, 0.2) is 0 Å². The molecule has 2 rings (SSSR count). The first-order valence-corrected chi connectivity index (χ1v) is 6.53. The largest absolute Gasteiger partial charge is 0.444 e. The Kier molecular flexibility index (Phi) is 5.31. The minimum atomic E-state index is -0.585. The summed E-state index contributed by atoms with van der Waals surface area (Å²) < 4.78 is 5.10. The Hall–Kier alpha value is -2.37. The van der Waals surface area contributed by atoms with E-state index in [0.717, 1.165) is 5.56 Å². The van der Waals surface area contributed by atoms with Crippen molar-refractivity contribution < 1.29 is 19.7 Å². The lowest BCUT2D eigenvalue weighted by molar-refractivity contribution is 0.155. The molecule has 0 atom stereocenters. The van der Waals surface area contributed by atoms with Crippen molar-refractivity contribution in [1.29, 1.82) is 0 Å². The van der Waals surface area contributed by atoms with Crippen LogP contribution in [-0.2, 0) is 24.6 Å². The number of hydrogen-bond acceptors (Lipinski definition) is 4. The Morgan fingerprint density at radius 2 is 1.57 bits per heavy atom. The molecule has 5 nitrogen and oxygen atoms in total. The minimum Gasteiger partial charge on any atom is -0.444 e. The van der Waals surface area contributed by atoms with Crippen LogP contribution >= 0.6 is 0 Å². The van der Waals surface area contributed by atoms with Gasteiger partial charge < -0.3 is 14.9 Å². The number of aliphatic hydroxyl groups excluding tert-OH is 2. The van der Waals surface area contributed by atoms with Gasteiger partial charge in [-0.3, -0.25) is 5.32 Å². The molecule has 0 aliphatic carbocycles. The van der Waals surface area contributed by atoms with Gasteiger partial charge in [0.1, 0.15) is 6.61 Å². The molecule has 0 unspecified atom stereocenters. The zero-order chi connectivity index (χ0) is 15.1. The van der Waals surface area contributed by atoms with Gasteiger partial charge in [-0.05, 0) is 28.8 Å². The fourth-order valence-electron chi connectivity index (χ4n) is 1.89. The third-order valence-electron chi connectivity index (χ3n) is 2.88. The molecule has 110 valence electrons. The number of aliphatic hydroxyl groups is 2. The third kappa shape index (κ3) is 4.59. The zero-order valence-corrected chi connectivity index (χ0v) is 11.5. The highest BCUT2D eigenvalue weighted by Gasteiger charge is 2.06. The molecule has 0 saturated carbocycles. The lowest BCUT2D eigenvalue weighted by Crippen LogP contribution is -2.14. The van der Waals surface area contributed by atoms with Gasteiger partial charge in [0.25, 0.3) is 0 Å². The van der Waals surface area contributed by atoms with E-state index in [1.807, 2.05) is 30.3 Å². The monoisotopic (exact) mass is 287 g/mol. The Balaban J connectivity index is 1.96. The molecule has 2 aromatic carbocycles. The zero-order valence-electron chi connectivity index (χ0n) is 11.5. The number of hydrogen-bond donors (Lipinski definition) is 3. The van der Waals surface area contributed by atoms with Gasteiger partial charge >= 0.3 is 6.09 Å². The molecule has 0 bridgehead atoms. The van der Waals surface area contributed by atoms with Gasteiger partial charge in [0, 0.05) is 5.69 Å². The molecular weight excluding hydrogens is 270 g/mol. The number of carbonyl (C=O) groups is 1. The van der Waals surface area contributed by atoms with E-state index < -0.39 is 6.09 Å². The van der Waals surface area contributed by atoms with Crippen LogP contribution in [0.25, 0.3) is 0 Å². The van der Waals surface area contributed by atoms with Gasteiger partial charge in [-0.1, -0.05) is 36.4 Å². The Morgan fingerprint density at radius 1 is 0.952 bits per heavy atom. The van der Waals surface area contributed by atoms with Crippen molar-refractivity contribution in [3.05, 3.63) is 65.2 Å². The highest BCUT2D eigenvalue weighted by Crippen LogP contribution is 2.16. The van der Waals surface area contributed by atoms with Gasteiger partial charge in [0.05, 0.1) is 13.2 Å². The molecule has 0 aliphatic heterocycles. The number of rotatable bonds is 5. The average Bonchev–Trinajstić information content (AvgIpc) is 2.53. The molecule has 0 saturated heterocycles. The topological polar surface area (TPSA) is 78.8 Å². The van der Waals surface area contributed by atoms with Crippen LogP contribution in [-0.4, -0.2) is 16.3 Å². The summed E-state index contributed by atoms with van der Waals surface area (Å²) in [6.45, 7) is -0.150. The van der Waals surface area contributed by atoms with Crippen LogP contribution in [0.1, 0.15) is 16.7 Å². The summed E-state index contributed by atoms with van der Waals surface area (Å²) in [5.74, 6) is 0. The fraction of sp³-hybridized carbons (Fsp3) is 0.188. The summed E-state index contributed by atoms with van der Waals surface area (Å²) in [6, 6.07) is 14.3. The summed E-state index contributed by atoms with van der Waals surface area (Å²) in [5.41, 5.74) is 2.59. The predicted molar refractivity (Wildman–Crippen MR) is 78.5 cm³/mol. The summed E-state index contributed by atoms with van der Waals surface area (Å²) in [4.78, 5) is 11.7. The molecule has 2 aromatic rings. The van der Waals surface area contributed by atoms with Crippen LogP contribution in [0.5, 0.6) is 0 Å². The maximum Gasteiger partial charge on any atom is 0.411 e. The SMILES string of the molecule is O=C(Nc1cc(CO)cc(CO)c1)OCc1ccccc1. The van der Waals surface area contributed by atoms with Crippen molar-refractivity contribution in [3.8, 4) is 0 Å². The maximum absolute atomic E-state index is 11.7. The Bertz CT molecular complexity index is 576. The molecule has 0 spiro atoms. The number of nitrogens with one attached hydrogen (secondary N) is 1. The second-order valence-electron chi connectivity index (χ2n) is 4.54. The average molecular weight is 287 g/mol. The number of ether oxygens (including phenoxy) is 1. The van der Waals surface area contributed by atoms with Crippen molar-refractivity contribution in [2.24, 2.45) is 0 Å². The first-order valence-electron chi connectivity index (χ1n) is 6.53. The third-order valence-corrected chi connectivity index (χ3v) is 2.88. The smallest absolute Gasteiger partial charge is 0.411 e. The Labute approximate surface area is 122 Å². The van der Waals surface area contributed by atoms with Crippen LogP contribution in [0.4, 0.5) is 10.5 Å².